The number of aryl methyl sites for hydroxylation is 1. The van der Waals surface area contributed by atoms with E-state index in [4.69, 9.17) is 0 Å². The van der Waals surface area contributed by atoms with Crippen LogP contribution >= 0.6 is 0 Å². The second kappa shape index (κ2) is 7.33. The maximum atomic E-state index is 12.3. The minimum atomic E-state index is -0.272. The fourth-order valence-corrected chi connectivity index (χ4v) is 2.95. The minimum absolute atomic E-state index is 0.272. The lowest BCUT2D eigenvalue weighted by molar-refractivity contribution is 0.262. The van der Waals surface area contributed by atoms with Crippen LogP contribution in [-0.2, 0) is 6.42 Å². The largest absolute Gasteiger partial charge is 0.323 e. The van der Waals surface area contributed by atoms with Gasteiger partial charge in [0, 0.05) is 29.3 Å². The number of nitrogens with one attached hydrogen (secondary N) is 2. The van der Waals surface area contributed by atoms with Crippen molar-refractivity contribution in [3.63, 3.8) is 0 Å². The first-order valence-electron chi connectivity index (χ1n) is 8.92. The number of urea groups is 1. The number of nitrogens with zero attached hydrogens (tertiary/aromatic N) is 2. The van der Waals surface area contributed by atoms with Crippen LogP contribution in [0.2, 0.25) is 0 Å². The number of amides is 2. The van der Waals surface area contributed by atoms with Gasteiger partial charge in [0.15, 0.2) is 0 Å². The SMILES string of the molecule is CCc1ccc(NC(=O)Nc2cccc(-c3cn4ccccc4n3)c2)cc1. The van der Waals surface area contributed by atoms with Crippen LogP contribution in [0.5, 0.6) is 0 Å². The highest BCUT2D eigenvalue weighted by molar-refractivity contribution is 6.00. The highest BCUT2D eigenvalue weighted by Gasteiger charge is 2.07. The van der Waals surface area contributed by atoms with Gasteiger partial charge in [-0.1, -0.05) is 37.3 Å². The molecule has 0 aliphatic heterocycles. The Hall–Kier alpha value is -3.60. The first-order chi connectivity index (χ1) is 13.2. The molecule has 0 fully saturated rings. The molecule has 0 aliphatic rings. The fraction of sp³-hybridized carbons (Fsp3) is 0.0909. The molecular weight excluding hydrogens is 336 g/mol. The molecule has 2 aromatic heterocycles. The molecule has 2 heterocycles. The molecule has 5 nitrogen and oxygen atoms in total. The van der Waals surface area contributed by atoms with Gasteiger partial charge in [0.05, 0.1) is 5.69 Å². The molecule has 2 amide bonds. The molecule has 0 radical (unpaired) electrons. The summed E-state index contributed by atoms with van der Waals surface area (Å²) in [6.45, 7) is 2.10. The van der Waals surface area contributed by atoms with E-state index in [9.17, 15) is 4.79 Å². The second-order valence-corrected chi connectivity index (χ2v) is 6.30. The summed E-state index contributed by atoms with van der Waals surface area (Å²) in [6.07, 6.45) is 4.91. The van der Waals surface area contributed by atoms with E-state index in [1.54, 1.807) is 0 Å². The van der Waals surface area contributed by atoms with E-state index in [0.717, 1.165) is 29.0 Å². The number of carbonyl (C=O) groups is 1. The van der Waals surface area contributed by atoms with Crippen LogP contribution < -0.4 is 10.6 Å². The predicted octanol–water partition coefficient (Wildman–Crippen LogP) is 5.21. The molecule has 2 aromatic carbocycles. The van der Waals surface area contributed by atoms with Gasteiger partial charge in [0.25, 0.3) is 0 Å². The number of imidazole rings is 1. The molecule has 0 unspecified atom stereocenters. The number of hydrogen-bond donors (Lipinski definition) is 2. The van der Waals surface area contributed by atoms with Crippen molar-refractivity contribution in [1.29, 1.82) is 0 Å². The Morgan fingerprint density at radius 2 is 1.78 bits per heavy atom. The molecular formula is C22H20N4O. The van der Waals surface area contributed by atoms with Crippen molar-refractivity contribution < 1.29 is 4.79 Å². The second-order valence-electron chi connectivity index (χ2n) is 6.30. The molecule has 0 saturated carbocycles. The van der Waals surface area contributed by atoms with Crippen molar-refractivity contribution in [1.82, 2.24) is 9.38 Å². The van der Waals surface area contributed by atoms with Gasteiger partial charge in [-0.2, -0.15) is 0 Å². The highest BCUT2D eigenvalue weighted by Crippen LogP contribution is 2.22. The maximum Gasteiger partial charge on any atom is 0.323 e. The Bertz CT molecular complexity index is 1050. The fourth-order valence-electron chi connectivity index (χ4n) is 2.95. The molecule has 5 heteroatoms. The summed E-state index contributed by atoms with van der Waals surface area (Å²) in [5.41, 5.74) is 5.41. The summed E-state index contributed by atoms with van der Waals surface area (Å²) in [5.74, 6) is 0. The zero-order valence-corrected chi connectivity index (χ0v) is 15.0. The number of anilines is 2. The van der Waals surface area contributed by atoms with Gasteiger partial charge < -0.3 is 15.0 Å². The number of aromatic nitrogens is 2. The molecule has 0 spiro atoms. The summed E-state index contributed by atoms with van der Waals surface area (Å²) in [4.78, 5) is 16.9. The van der Waals surface area contributed by atoms with E-state index in [1.807, 2.05) is 83.5 Å². The van der Waals surface area contributed by atoms with E-state index in [-0.39, 0.29) is 6.03 Å². The minimum Gasteiger partial charge on any atom is -0.308 e. The number of rotatable bonds is 4. The zero-order valence-electron chi connectivity index (χ0n) is 15.0. The summed E-state index contributed by atoms with van der Waals surface area (Å²) < 4.78 is 1.97. The lowest BCUT2D eigenvalue weighted by atomic mass is 10.1. The first kappa shape index (κ1) is 16.8. The summed E-state index contributed by atoms with van der Waals surface area (Å²) >= 11 is 0. The molecule has 2 N–H and O–H groups in total. The summed E-state index contributed by atoms with van der Waals surface area (Å²) in [6, 6.07) is 21.1. The molecule has 0 atom stereocenters. The smallest absolute Gasteiger partial charge is 0.308 e. The molecule has 134 valence electrons. The highest BCUT2D eigenvalue weighted by atomic mass is 16.2. The standard InChI is InChI=1S/C22H20N4O/c1-2-16-9-11-18(12-10-16)23-22(27)24-19-7-5-6-17(14-19)20-15-26-13-4-3-8-21(26)25-20/h3-15H,2H2,1H3,(H2,23,24,27). The quantitative estimate of drug-likeness (QED) is 0.527. The number of pyridine rings is 1. The average Bonchev–Trinajstić information content (AvgIpc) is 3.13. The van der Waals surface area contributed by atoms with Gasteiger partial charge in [-0.3, -0.25) is 0 Å². The van der Waals surface area contributed by atoms with E-state index in [1.165, 1.54) is 5.56 Å². The van der Waals surface area contributed by atoms with Crippen LogP contribution in [0.4, 0.5) is 16.2 Å². The van der Waals surface area contributed by atoms with Crippen LogP contribution in [0.15, 0.2) is 79.1 Å². The predicted molar refractivity (Wildman–Crippen MR) is 109 cm³/mol. The molecule has 0 aliphatic carbocycles. The van der Waals surface area contributed by atoms with E-state index >= 15 is 0 Å². The Kier molecular flexibility index (Phi) is 4.58. The van der Waals surface area contributed by atoms with Gasteiger partial charge in [-0.15, -0.1) is 0 Å². The van der Waals surface area contributed by atoms with Crippen LogP contribution in [-0.4, -0.2) is 15.4 Å². The normalized spacial score (nSPS) is 10.7. The third-order valence-electron chi connectivity index (χ3n) is 4.40. The Morgan fingerprint density at radius 3 is 2.56 bits per heavy atom. The number of benzene rings is 2. The van der Waals surface area contributed by atoms with E-state index in [2.05, 4.69) is 22.5 Å². The maximum absolute atomic E-state index is 12.3. The average molecular weight is 356 g/mol. The lowest BCUT2D eigenvalue weighted by Gasteiger charge is -2.09. The van der Waals surface area contributed by atoms with Gasteiger partial charge >= 0.3 is 6.03 Å². The van der Waals surface area contributed by atoms with Gasteiger partial charge in [-0.25, -0.2) is 9.78 Å². The first-order valence-corrected chi connectivity index (χ1v) is 8.92. The molecule has 4 rings (SSSR count). The Balaban J connectivity index is 1.49. The lowest BCUT2D eigenvalue weighted by Crippen LogP contribution is -2.19. The summed E-state index contributed by atoms with van der Waals surface area (Å²) in [7, 11) is 0. The molecule has 4 aromatic rings. The van der Waals surface area contributed by atoms with Gasteiger partial charge in [-0.05, 0) is 48.4 Å². The van der Waals surface area contributed by atoms with Crippen molar-refractivity contribution in [2.24, 2.45) is 0 Å². The van der Waals surface area contributed by atoms with Crippen LogP contribution in [0.1, 0.15) is 12.5 Å². The van der Waals surface area contributed by atoms with E-state index < -0.39 is 0 Å². The van der Waals surface area contributed by atoms with Crippen molar-refractivity contribution in [3.8, 4) is 11.3 Å². The zero-order chi connectivity index (χ0) is 18.6. The number of carbonyl (C=O) groups excluding carboxylic acids is 1. The monoisotopic (exact) mass is 356 g/mol. The third kappa shape index (κ3) is 3.82. The third-order valence-corrected chi connectivity index (χ3v) is 4.40. The van der Waals surface area contributed by atoms with Gasteiger partial charge in [0.1, 0.15) is 5.65 Å². The van der Waals surface area contributed by atoms with Crippen LogP contribution in [0.25, 0.3) is 16.9 Å². The molecule has 27 heavy (non-hydrogen) atoms. The van der Waals surface area contributed by atoms with E-state index in [0.29, 0.717) is 5.69 Å². The number of hydrogen-bond acceptors (Lipinski definition) is 2. The Labute approximate surface area is 157 Å². The topological polar surface area (TPSA) is 58.4 Å². The molecule has 0 saturated heterocycles. The Morgan fingerprint density at radius 1 is 0.963 bits per heavy atom. The number of fused-ring (bicyclic) bond motifs is 1. The van der Waals surface area contributed by atoms with Crippen molar-refractivity contribution >= 4 is 23.1 Å². The van der Waals surface area contributed by atoms with Crippen molar-refractivity contribution in [2.45, 2.75) is 13.3 Å². The molecule has 0 bridgehead atoms. The van der Waals surface area contributed by atoms with Crippen molar-refractivity contribution in [2.75, 3.05) is 10.6 Å². The van der Waals surface area contributed by atoms with Gasteiger partial charge in [0.2, 0.25) is 0 Å². The van der Waals surface area contributed by atoms with Crippen LogP contribution in [0.3, 0.4) is 0 Å². The summed E-state index contributed by atoms with van der Waals surface area (Å²) in [5, 5.41) is 5.73. The van der Waals surface area contributed by atoms with Crippen LogP contribution in [0, 0.1) is 0 Å². The van der Waals surface area contributed by atoms with Crippen molar-refractivity contribution in [3.05, 3.63) is 84.7 Å².